The van der Waals surface area contributed by atoms with E-state index in [1.54, 1.807) is 13.8 Å². The molecule has 0 aliphatic rings. The molecule has 0 radical (unpaired) electrons. The number of carbonyl (C=O) groups excluding carboxylic acids is 2. The summed E-state index contributed by atoms with van der Waals surface area (Å²) in [5.41, 5.74) is 3.35. The number of hydrogen-bond acceptors (Lipinski definition) is 6. The first-order valence-electron chi connectivity index (χ1n) is 8.36. The quantitative estimate of drug-likeness (QED) is 0.672. The van der Waals surface area contributed by atoms with Crippen molar-refractivity contribution in [1.82, 2.24) is 14.4 Å². The molecule has 3 aromatic heterocycles. The van der Waals surface area contributed by atoms with Gasteiger partial charge in [0.15, 0.2) is 5.13 Å². The Morgan fingerprint density at radius 1 is 1.23 bits per heavy atom. The molecule has 0 aliphatic heterocycles. The minimum absolute atomic E-state index is 0.153. The average molecular weight is 372 g/mol. The minimum atomic E-state index is -0.413. The van der Waals surface area contributed by atoms with Crippen LogP contribution in [0.15, 0.2) is 24.4 Å². The van der Waals surface area contributed by atoms with Gasteiger partial charge in [-0.25, -0.2) is 14.8 Å². The van der Waals surface area contributed by atoms with E-state index in [2.05, 4.69) is 15.3 Å². The van der Waals surface area contributed by atoms with Crippen LogP contribution in [0.5, 0.6) is 0 Å². The van der Waals surface area contributed by atoms with Gasteiger partial charge in [-0.1, -0.05) is 17.4 Å². The predicted octanol–water partition coefficient (Wildman–Crippen LogP) is 3.16. The zero-order valence-corrected chi connectivity index (χ0v) is 15.7. The van der Waals surface area contributed by atoms with E-state index >= 15 is 0 Å². The van der Waals surface area contributed by atoms with Crippen molar-refractivity contribution in [2.24, 2.45) is 0 Å². The summed E-state index contributed by atoms with van der Waals surface area (Å²) in [4.78, 5) is 33.3. The van der Waals surface area contributed by atoms with E-state index in [1.165, 1.54) is 0 Å². The summed E-state index contributed by atoms with van der Waals surface area (Å²) >= 11 is 1.13. The van der Waals surface area contributed by atoms with Crippen LogP contribution in [0.4, 0.5) is 5.13 Å². The lowest BCUT2D eigenvalue weighted by Gasteiger charge is -2.03. The summed E-state index contributed by atoms with van der Waals surface area (Å²) in [7, 11) is 0. The number of anilines is 1. The van der Waals surface area contributed by atoms with Gasteiger partial charge in [0, 0.05) is 18.3 Å². The van der Waals surface area contributed by atoms with Crippen LogP contribution in [0.2, 0.25) is 0 Å². The fourth-order valence-electron chi connectivity index (χ4n) is 2.72. The summed E-state index contributed by atoms with van der Waals surface area (Å²) in [6.45, 7) is 5.71. The van der Waals surface area contributed by atoms with E-state index in [0.29, 0.717) is 35.2 Å². The maximum Gasteiger partial charge on any atom is 0.350 e. The molecular formula is C18H20N4O3S. The number of carbonyl (C=O) groups is 2. The maximum atomic E-state index is 12.3. The molecule has 0 atom stereocenters. The van der Waals surface area contributed by atoms with Crippen molar-refractivity contribution in [2.75, 3.05) is 11.9 Å². The molecule has 0 saturated carbocycles. The van der Waals surface area contributed by atoms with Crippen LogP contribution in [-0.2, 0) is 16.0 Å². The Kier molecular flexibility index (Phi) is 5.32. The van der Waals surface area contributed by atoms with E-state index in [1.807, 2.05) is 35.7 Å². The molecule has 8 heteroatoms. The lowest BCUT2D eigenvalue weighted by molar-refractivity contribution is -0.116. The first-order valence-corrected chi connectivity index (χ1v) is 9.18. The molecule has 3 rings (SSSR count). The van der Waals surface area contributed by atoms with Gasteiger partial charge in [0.1, 0.15) is 10.5 Å². The highest BCUT2D eigenvalue weighted by Crippen LogP contribution is 2.23. The molecule has 0 fully saturated rings. The van der Waals surface area contributed by atoms with Gasteiger partial charge in [0.2, 0.25) is 5.91 Å². The lowest BCUT2D eigenvalue weighted by Crippen LogP contribution is -2.13. The molecule has 3 heterocycles. The van der Waals surface area contributed by atoms with Gasteiger partial charge in [0.25, 0.3) is 0 Å². The van der Waals surface area contributed by atoms with Crippen molar-refractivity contribution in [1.29, 1.82) is 0 Å². The van der Waals surface area contributed by atoms with Gasteiger partial charge < -0.3 is 14.5 Å². The number of nitrogens with one attached hydrogen (secondary N) is 1. The van der Waals surface area contributed by atoms with E-state index in [9.17, 15) is 9.59 Å². The third kappa shape index (κ3) is 3.75. The largest absolute Gasteiger partial charge is 0.462 e. The molecule has 136 valence electrons. The lowest BCUT2D eigenvalue weighted by atomic mass is 10.2. The Labute approximate surface area is 155 Å². The standard InChI is InChI=1S/C18H20N4O3S/c1-4-25-17(24)16-12(3)20-18(26-16)21-15(23)9-8-13-11(2)19-14-7-5-6-10-22(13)14/h5-7,10H,4,8-9H2,1-3H3,(H,20,21,23). The number of amides is 1. The zero-order valence-electron chi connectivity index (χ0n) is 14.9. The number of aromatic nitrogens is 3. The first-order chi connectivity index (χ1) is 12.5. The zero-order chi connectivity index (χ0) is 18.7. The summed E-state index contributed by atoms with van der Waals surface area (Å²) in [5, 5.41) is 3.17. The third-order valence-corrected chi connectivity index (χ3v) is 4.97. The fraction of sp³-hybridized carbons (Fsp3) is 0.333. The Morgan fingerprint density at radius 2 is 2.04 bits per heavy atom. The monoisotopic (exact) mass is 372 g/mol. The van der Waals surface area contributed by atoms with Gasteiger partial charge in [-0.15, -0.1) is 0 Å². The number of ether oxygens (including phenoxy) is 1. The van der Waals surface area contributed by atoms with Gasteiger partial charge in [0.05, 0.1) is 18.0 Å². The molecule has 0 unspecified atom stereocenters. The second-order valence-electron chi connectivity index (χ2n) is 5.77. The van der Waals surface area contributed by atoms with E-state index in [0.717, 1.165) is 28.4 Å². The van der Waals surface area contributed by atoms with Crippen LogP contribution in [0.25, 0.3) is 5.65 Å². The molecular weight excluding hydrogens is 352 g/mol. The molecule has 7 nitrogen and oxygen atoms in total. The number of esters is 1. The highest BCUT2D eigenvalue weighted by molar-refractivity contribution is 7.17. The molecule has 0 saturated heterocycles. The molecule has 0 aromatic carbocycles. The molecule has 3 aromatic rings. The van der Waals surface area contributed by atoms with Crippen LogP contribution >= 0.6 is 11.3 Å². The summed E-state index contributed by atoms with van der Waals surface area (Å²) in [6, 6.07) is 5.81. The van der Waals surface area contributed by atoms with Gasteiger partial charge in [-0.2, -0.15) is 0 Å². The Morgan fingerprint density at radius 3 is 2.81 bits per heavy atom. The van der Waals surface area contributed by atoms with Crippen LogP contribution < -0.4 is 5.32 Å². The van der Waals surface area contributed by atoms with Crippen molar-refractivity contribution < 1.29 is 14.3 Å². The van der Waals surface area contributed by atoms with Crippen molar-refractivity contribution in [3.05, 3.63) is 46.4 Å². The molecule has 26 heavy (non-hydrogen) atoms. The number of pyridine rings is 1. The van der Waals surface area contributed by atoms with E-state index in [-0.39, 0.29) is 5.91 Å². The molecule has 1 amide bonds. The number of aryl methyl sites for hydroxylation is 3. The second-order valence-corrected chi connectivity index (χ2v) is 6.77. The molecule has 0 spiro atoms. The number of rotatable bonds is 6. The van der Waals surface area contributed by atoms with Gasteiger partial charge in [-0.3, -0.25) is 4.79 Å². The SMILES string of the molecule is CCOC(=O)c1sc(NC(=O)CCc2c(C)nc3ccccn23)nc1C. The van der Waals surface area contributed by atoms with E-state index < -0.39 is 5.97 Å². The summed E-state index contributed by atoms with van der Waals surface area (Å²) in [5.74, 6) is -0.566. The van der Waals surface area contributed by atoms with Crippen molar-refractivity contribution >= 4 is 34.0 Å². The summed E-state index contributed by atoms with van der Waals surface area (Å²) in [6.07, 6.45) is 2.81. The topological polar surface area (TPSA) is 85.6 Å². The number of hydrogen-bond donors (Lipinski definition) is 1. The number of imidazole rings is 1. The third-order valence-electron chi connectivity index (χ3n) is 3.92. The van der Waals surface area contributed by atoms with Crippen molar-refractivity contribution in [3.63, 3.8) is 0 Å². The first kappa shape index (κ1) is 18.1. The van der Waals surface area contributed by atoms with Crippen LogP contribution in [0.3, 0.4) is 0 Å². The predicted molar refractivity (Wildman–Crippen MR) is 99.7 cm³/mol. The Bertz CT molecular complexity index is 961. The normalized spacial score (nSPS) is 10.9. The average Bonchev–Trinajstić information content (AvgIpc) is 3.12. The van der Waals surface area contributed by atoms with Crippen LogP contribution in [-0.4, -0.2) is 32.9 Å². The Balaban J connectivity index is 1.65. The fourth-order valence-corrected chi connectivity index (χ4v) is 3.59. The van der Waals surface area contributed by atoms with Crippen molar-refractivity contribution in [3.8, 4) is 0 Å². The Hall–Kier alpha value is -2.74. The molecule has 0 bridgehead atoms. The number of nitrogens with zero attached hydrogens (tertiary/aromatic N) is 3. The maximum absolute atomic E-state index is 12.3. The minimum Gasteiger partial charge on any atom is -0.462 e. The highest BCUT2D eigenvalue weighted by Gasteiger charge is 2.18. The molecule has 0 aliphatic carbocycles. The van der Waals surface area contributed by atoms with Crippen molar-refractivity contribution in [2.45, 2.75) is 33.6 Å². The van der Waals surface area contributed by atoms with E-state index in [4.69, 9.17) is 4.74 Å². The smallest absolute Gasteiger partial charge is 0.350 e. The second kappa shape index (κ2) is 7.65. The van der Waals surface area contributed by atoms with Gasteiger partial charge >= 0.3 is 5.97 Å². The highest BCUT2D eigenvalue weighted by atomic mass is 32.1. The van der Waals surface area contributed by atoms with Crippen LogP contribution in [0.1, 0.15) is 40.1 Å². The number of thiazole rings is 1. The summed E-state index contributed by atoms with van der Waals surface area (Å²) < 4.78 is 6.98. The van der Waals surface area contributed by atoms with Gasteiger partial charge in [-0.05, 0) is 39.3 Å². The van der Waals surface area contributed by atoms with Crippen LogP contribution in [0, 0.1) is 13.8 Å². The molecule has 1 N–H and O–H groups in total. The number of fused-ring (bicyclic) bond motifs is 1.